The van der Waals surface area contributed by atoms with Gasteiger partial charge >= 0.3 is 0 Å². The maximum absolute atomic E-state index is 12.2. The van der Waals surface area contributed by atoms with Crippen LogP contribution in [0.5, 0.6) is 0 Å². The first-order chi connectivity index (χ1) is 9.43. The highest BCUT2D eigenvalue weighted by atomic mass is 16.5. The highest BCUT2D eigenvalue weighted by Crippen LogP contribution is 2.27. The summed E-state index contributed by atoms with van der Waals surface area (Å²) in [6.45, 7) is 5.99. The smallest absolute Gasteiger partial charge is 0.226 e. The normalized spacial score (nSPS) is 23.2. The molecule has 0 saturated carbocycles. The van der Waals surface area contributed by atoms with E-state index in [1.165, 1.54) is 0 Å². The van der Waals surface area contributed by atoms with Crippen molar-refractivity contribution in [3.63, 3.8) is 0 Å². The fourth-order valence-electron chi connectivity index (χ4n) is 2.84. The van der Waals surface area contributed by atoms with Gasteiger partial charge in [0.15, 0.2) is 0 Å². The Morgan fingerprint density at radius 3 is 2.65 bits per heavy atom. The molecule has 2 rings (SSSR count). The van der Waals surface area contributed by atoms with Crippen LogP contribution in [0.25, 0.3) is 0 Å². The number of likely N-dealkylation sites (tertiary alicyclic amines) is 1. The molecule has 1 saturated heterocycles. The molecular formula is C14H23N3O3. The average molecular weight is 281 g/mol. The Balaban J connectivity index is 2.07. The van der Waals surface area contributed by atoms with E-state index in [0.29, 0.717) is 6.54 Å². The van der Waals surface area contributed by atoms with Gasteiger partial charge in [0.2, 0.25) is 5.91 Å². The zero-order valence-corrected chi connectivity index (χ0v) is 12.6. The van der Waals surface area contributed by atoms with E-state index in [1.54, 1.807) is 19.0 Å². The molecule has 0 bridgehead atoms. The lowest BCUT2D eigenvalue weighted by atomic mass is 9.96. The van der Waals surface area contributed by atoms with E-state index in [4.69, 9.17) is 4.52 Å². The predicted molar refractivity (Wildman–Crippen MR) is 74.0 cm³/mol. The SMILES string of the molecule is Cc1noc(C)c1CN1C[C@@H](CO)[C@H](C(=O)N(C)C)C1. The van der Waals surface area contributed by atoms with Crippen LogP contribution in [-0.2, 0) is 11.3 Å². The first-order valence-electron chi connectivity index (χ1n) is 6.90. The molecule has 1 N–H and O–H groups in total. The molecule has 2 atom stereocenters. The number of hydrogen-bond acceptors (Lipinski definition) is 5. The first kappa shape index (κ1) is 15.0. The van der Waals surface area contributed by atoms with E-state index in [1.807, 2.05) is 13.8 Å². The van der Waals surface area contributed by atoms with Crippen molar-refractivity contribution in [3.05, 3.63) is 17.0 Å². The van der Waals surface area contributed by atoms with E-state index in [-0.39, 0.29) is 24.3 Å². The van der Waals surface area contributed by atoms with Crippen molar-refractivity contribution in [2.45, 2.75) is 20.4 Å². The number of aliphatic hydroxyl groups excluding tert-OH is 1. The van der Waals surface area contributed by atoms with Crippen molar-refractivity contribution in [3.8, 4) is 0 Å². The minimum absolute atomic E-state index is 0.00497. The fourth-order valence-corrected chi connectivity index (χ4v) is 2.84. The number of aliphatic hydroxyl groups is 1. The standard InChI is InChI=1S/C14H23N3O3/c1-9-12(10(2)20-15-9)6-17-5-11(8-18)13(7-17)14(19)16(3)4/h11,13,18H,5-8H2,1-4H3/t11-,13+/m0/s1. The molecule has 1 aliphatic heterocycles. The zero-order valence-electron chi connectivity index (χ0n) is 12.6. The molecule has 0 aliphatic carbocycles. The molecule has 20 heavy (non-hydrogen) atoms. The van der Waals surface area contributed by atoms with Crippen molar-refractivity contribution in [2.75, 3.05) is 33.8 Å². The van der Waals surface area contributed by atoms with Gasteiger partial charge in [-0.05, 0) is 13.8 Å². The van der Waals surface area contributed by atoms with Crippen LogP contribution in [0.15, 0.2) is 4.52 Å². The molecule has 0 radical (unpaired) electrons. The maximum Gasteiger partial charge on any atom is 0.226 e. The van der Waals surface area contributed by atoms with Gasteiger partial charge in [0.25, 0.3) is 0 Å². The molecule has 1 fully saturated rings. The lowest BCUT2D eigenvalue weighted by Crippen LogP contribution is -2.35. The Hall–Kier alpha value is -1.40. The summed E-state index contributed by atoms with van der Waals surface area (Å²) >= 11 is 0. The minimum atomic E-state index is -0.129. The van der Waals surface area contributed by atoms with Gasteiger partial charge < -0.3 is 14.5 Å². The molecule has 0 spiro atoms. The minimum Gasteiger partial charge on any atom is -0.396 e. The van der Waals surface area contributed by atoms with E-state index >= 15 is 0 Å². The van der Waals surface area contributed by atoms with Gasteiger partial charge in [0.05, 0.1) is 11.6 Å². The van der Waals surface area contributed by atoms with Crippen LogP contribution in [0, 0.1) is 25.7 Å². The van der Waals surface area contributed by atoms with Gasteiger partial charge in [-0.15, -0.1) is 0 Å². The Morgan fingerprint density at radius 2 is 2.15 bits per heavy atom. The summed E-state index contributed by atoms with van der Waals surface area (Å²) in [4.78, 5) is 16.0. The second-order valence-corrected chi connectivity index (χ2v) is 5.78. The van der Waals surface area contributed by atoms with Crippen LogP contribution >= 0.6 is 0 Å². The van der Waals surface area contributed by atoms with Crippen LogP contribution in [0.3, 0.4) is 0 Å². The second kappa shape index (κ2) is 5.93. The van der Waals surface area contributed by atoms with E-state index in [2.05, 4.69) is 10.1 Å². The molecule has 1 aromatic rings. The van der Waals surface area contributed by atoms with Crippen LogP contribution < -0.4 is 0 Å². The van der Waals surface area contributed by atoms with Gasteiger partial charge in [-0.3, -0.25) is 9.69 Å². The lowest BCUT2D eigenvalue weighted by Gasteiger charge is -2.19. The Labute approximate surface area is 119 Å². The Bertz CT molecular complexity index is 465. The third-order valence-electron chi connectivity index (χ3n) is 4.07. The number of carbonyl (C=O) groups is 1. The molecule has 1 amide bonds. The number of hydrogen-bond donors (Lipinski definition) is 1. The maximum atomic E-state index is 12.2. The predicted octanol–water partition coefficient (Wildman–Crippen LogP) is 0.420. The van der Waals surface area contributed by atoms with Gasteiger partial charge in [0.1, 0.15) is 5.76 Å². The highest BCUT2D eigenvalue weighted by molar-refractivity contribution is 5.79. The molecule has 0 aromatic carbocycles. The summed E-state index contributed by atoms with van der Waals surface area (Å²) in [5.74, 6) is 0.789. The highest BCUT2D eigenvalue weighted by Gasteiger charge is 2.38. The number of amides is 1. The third kappa shape index (κ3) is 2.86. The van der Waals surface area contributed by atoms with Crippen LogP contribution in [-0.4, -0.2) is 59.8 Å². The number of rotatable bonds is 4. The van der Waals surface area contributed by atoms with E-state index in [9.17, 15) is 9.90 Å². The number of aromatic nitrogens is 1. The van der Waals surface area contributed by atoms with E-state index in [0.717, 1.165) is 30.1 Å². The number of aryl methyl sites for hydroxylation is 2. The van der Waals surface area contributed by atoms with Gasteiger partial charge in [-0.25, -0.2) is 0 Å². The van der Waals surface area contributed by atoms with Gasteiger partial charge in [-0.1, -0.05) is 5.16 Å². The van der Waals surface area contributed by atoms with Crippen LogP contribution in [0.4, 0.5) is 0 Å². The summed E-state index contributed by atoms with van der Waals surface area (Å²) in [6, 6.07) is 0. The molecule has 1 aromatic heterocycles. The summed E-state index contributed by atoms with van der Waals surface area (Å²) < 4.78 is 5.17. The topological polar surface area (TPSA) is 69.8 Å². The van der Waals surface area contributed by atoms with Crippen molar-refractivity contribution in [1.29, 1.82) is 0 Å². The van der Waals surface area contributed by atoms with Crippen molar-refractivity contribution in [1.82, 2.24) is 15.0 Å². The third-order valence-corrected chi connectivity index (χ3v) is 4.07. The molecule has 112 valence electrons. The van der Waals surface area contributed by atoms with Gasteiger partial charge in [0, 0.05) is 51.8 Å². The summed E-state index contributed by atoms with van der Waals surface area (Å²) in [5, 5.41) is 13.4. The van der Waals surface area contributed by atoms with Crippen LogP contribution in [0.2, 0.25) is 0 Å². The largest absolute Gasteiger partial charge is 0.396 e. The molecule has 1 aliphatic rings. The lowest BCUT2D eigenvalue weighted by molar-refractivity contribution is -0.134. The second-order valence-electron chi connectivity index (χ2n) is 5.78. The quantitative estimate of drug-likeness (QED) is 0.866. The average Bonchev–Trinajstić information content (AvgIpc) is 2.96. The summed E-state index contributed by atoms with van der Waals surface area (Å²) in [7, 11) is 3.52. The fraction of sp³-hybridized carbons (Fsp3) is 0.714. The monoisotopic (exact) mass is 281 g/mol. The first-order valence-corrected chi connectivity index (χ1v) is 6.90. The Kier molecular flexibility index (Phi) is 4.45. The molecule has 0 unspecified atom stereocenters. The molecule has 2 heterocycles. The molecule has 6 nitrogen and oxygen atoms in total. The molecular weight excluding hydrogens is 258 g/mol. The van der Waals surface area contributed by atoms with Crippen molar-refractivity contribution < 1.29 is 14.4 Å². The number of nitrogens with zero attached hydrogens (tertiary/aromatic N) is 3. The van der Waals surface area contributed by atoms with Crippen molar-refractivity contribution in [2.24, 2.45) is 11.8 Å². The molecule has 6 heteroatoms. The Morgan fingerprint density at radius 1 is 1.45 bits per heavy atom. The van der Waals surface area contributed by atoms with Crippen molar-refractivity contribution >= 4 is 5.91 Å². The van der Waals surface area contributed by atoms with E-state index < -0.39 is 0 Å². The zero-order chi connectivity index (χ0) is 14.9. The number of carbonyl (C=O) groups excluding carboxylic acids is 1. The summed E-state index contributed by atoms with van der Waals surface area (Å²) in [6.07, 6.45) is 0. The van der Waals surface area contributed by atoms with Gasteiger partial charge in [-0.2, -0.15) is 0 Å². The summed E-state index contributed by atoms with van der Waals surface area (Å²) in [5.41, 5.74) is 1.98. The van der Waals surface area contributed by atoms with Crippen LogP contribution in [0.1, 0.15) is 17.0 Å².